The quantitative estimate of drug-likeness (QED) is 0.513. The Kier molecular flexibility index (Phi) is 7.04. The van der Waals surface area contributed by atoms with Gasteiger partial charge in [0.25, 0.3) is 0 Å². The first-order chi connectivity index (χ1) is 14.0. The molecule has 0 saturated heterocycles. The fraction of sp³-hybridized carbons (Fsp3) is 0.389. The summed E-state index contributed by atoms with van der Waals surface area (Å²) in [5.74, 6) is 1.79. The molecule has 3 rings (SSSR count). The molecule has 1 atom stereocenters. The predicted molar refractivity (Wildman–Crippen MR) is 112 cm³/mol. The van der Waals surface area contributed by atoms with E-state index in [4.69, 9.17) is 9.47 Å². The molecule has 2 heterocycles. The zero-order chi connectivity index (χ0) is 20.8. The van der Waals surface area contributed by atoms with E-state index in [1.54, 1.807) is 7.11 Å². The number of aryl methyl sites for hydroxylation is 1. The smallest absolute Gasteiger partial charge is 0.239 e. The highest BCUT2D eigenvalue weighted by Gasteiger charge is 2.23. The molecule has 29 heavy (non-hydrogen) atoms. The third-order valence-corrected chi connectivity index (χ3v) is 6.17. The number of benzene rings is 1. The van der Waals surface area contributed by atoms with Crippen LogP contribution >= 0.6 is 23.1 Å². The minimum absolute atomic E-state index is 0.136. The van der Waals surface area contributed by atoms with Gasteiger partial charge in [-0.1, -0.05) is 42.2 Å². The summed E-state index contributed by atoms with van der Waals surface area (Å²) < 4.78 is 12.9. The molecule has 0 aliphatic carbocycles. The number of nitrogens with one attached hydrogen (secondary N) is 1. The van der Waals surface area contributed by atoms with Gasteiger partial charge >= 0.3 is 0 Å². The zero-order valence-corrected chi connectivity index (χ0v) is 18.2. The van der Waals surface area contributed by atoms with Crippen LogP contribution in [0.15, 0.2) is 29.4 Å². The van der Waals surface area contributed by atoms with Crippen LogP contribution in [0.25, 0.3) is 0 Å². The minimum Gasteiger partial charge on any atom is -0.493 e. The number of thioether (sulfide) groups is 1. The molecule has 0 aliphatic heterocycles. The van der Waals surface area contributed by atoms with Crippen molar-refractivity contribution in [2.24, 2.45) is 7.05 Å². The number of para-hydroxylation sites is 2. The van der Waals surface area contributed by atoms with Crippen LogP contribution < -0.4 is 14.8 Å². The van der Waals surface area contributed by atoms with Crippen molar-refractivity contribution in [2.75, 3.05) is 12.4 Å². The Morgan fingerprint density at radius 3 is 2.66 bits per heavy atom. The molecular formula is C18H22N6O3S2. The first-order valence-electron chi connectivity index (χ1n) is 8.93. The number of amides is 1. The van der Waals surface area contributed by atoms with Crippen LogP contribution in [0.1, 0.15) is 24.2 Å². The molecule has 11 heteroatoms. The van der Waals surface area contributed by atoms with Gasteiger partial charge in [-0.05, 0) is 25.5 Å². The number of nitrogens with zero attached hydrogens (tertiary/aromatic N) is 5. The molecule has 0 radical (unpaired) electrons. The Bertz CT molecular complexity index is 974. The molecule has 2 aromatic heterocycles. The number of hydrogen-bond donors (Lipinski definition) is 1. The SMILES string of the molecule is CCC(Sc1nnc(COc2ccccc2OC)n1C)C(=O)Nc1nnc(C)s1. The summed E-state index contributed by atoms with van der Waals surface area (Å²) in [4.78, 5) is 12.6. The van der Waals surface area contributed by atoms with Crippen molar-refractivity contribution >= 4 is 34.1 Å². The van der Waals surface area contributed by atoms with Crippen LogP contribution in [-0.2, 0) is 18.4 Å². The van der Waals surface area contributed by atoms with E-state index in [2.05, 4.69) is 25.7 Å². The van der Waals surface area contributed by atoms with Gasteiger partial charge in [0, 0.05) is 7.05 Å². The second kappa shape index (κ2) is 9.70. The largest absolute Gasteiger partial charge is 0.493 e. The van der Waals surface area contributed by atoms with Gasteiger partial charge in [-0.15, -0.1) is 20.4 Å². The number of aromatic nitrogens is 5. The summed E-state index contributed by atoms with van der Waals surface area (Å²) in [6.07, 6.45) is 0.633. The molecule has 3 aromatic rings. The maximum Gasteiger partial charge on any atom is 0.239 e. The summed E-state index contributed by atoms with van der Waals surface area (Å²) in [5.41, 5.74) is 0. The third-order valence-electron chi connectivity index (χ3n) is 4.02. The van der Waals surface area contributed by atoms with Crippen molar-refractivity contribution in [2.45, 2.75) is 37.3 Å². The van der Waals surface area contributed by atoms with Crippen LogP contribution in [0.5, 0.6) is 11.5 Å². The first kappa shape index (κ1) is 21.1. The van der Waals surface area contributed by atoms with Crippen molar-refractivity contribution < 1.29 is 14.3 Å². The molecule has 0 spiro atoms. The highest BCUT2D eigenvalue weighted by molar-refractivity contribution is 8.00. The second-order valence-electron chi connectivity index (χ2n) is 6.03. The molecule has 1 unspecified atom stereocenters. The highest BCUT2D eigenvalue weighted by atomic mass is 32.2. The van der Waals surface area contributed by atoms with Crippen molar-refractivity contribution in [3.05, 3.63) is 35.1 Å². The van der Waals surface area contributed by atoms with E-state index in [1.165, 1.54) is 23.1 Å². The maximum absolute atomic E-state index is 12.6. The first-order valence-corrected chi connectivity index (χ1v) is 10.6. The van der Waals surface area contributed by atoms with Crippen LogP contribution in [0.3, 0.4) is 0 Å². The van der Waals surface area contributed by atoms with Crippen molar-refractivity contribution in [3.8, 4) is 11.5 Å². The standard InChI is InChI=1S/C18H22N6O3S2/c1-5-14(16(25)19-17-22-20-11(2)28-17)29-18-23-21-15(24(18)3)10-27-13-9-7-6-8-12(13)26-4/h6-9,14H,5,10H2,1-4H3,(H,19,22,25). The number of rotatable bonds is 9. The van der Waals surface area contributed by atoms with Crippen LogP contribution in [-0.4, -0.2) is 43.2 Å². The van der Waals surface area contributed by atoms with Gasteiger partial charge in [0.05, 0.1) is 12.4 Å². The van der Waals surface area contributed by atoms with Crippen molar-refractivity contribution in [3.63, 3.8) is 0 Å². The van der Waals surface area contributed by atoms with Crippen molar-refractivity contribution in [1.82, 2.24) is 25.0 Å². The summed E-state index contributed by atoms with van der Waals surface area (Å²) >= 11 is 2.69. The Labute approximate surface area is 176 Å². The summed E-state index contributed by atoms with van der Waals surface area (Å²) in [6, 6.07) is 7.41. The van der Waals surface area contributed by atoms with Gasteiger partial charge in [-0.2, -0.15) is 0 Å². The number of methoxy groups -OCH3 is 1. The molecule has 0 bridgehead atoms. The minimum atomic E-state index is -0.329. The average molecular weight is 435 g/mol. The van der Waals surface area contributed by atoms with E-state index in [0.717, 1.165) is 5.01 Å². The number of carbonyl (C=O) groups excluding carboxylic acids is 1. The molecule has 1 amide bonds. The number of ether oxygens (including phenoxy) is 2. The van der Waals surface area contributed by atoms with Crippen molar-refractivity contribution in [1.29, 1.82) is 0 Å². The lowest BCUT2D eigenvalue weighted by Crippen LogP contribution is -2.25. The van der Waals surface area contributed by atoms with E-state index >= 15 is 0 Å². The molecule has 1 N–H and O–H groups in total. The van der Waals surface area contributed by atoms with E-state index in [1.807, 2.05) is 49.7 Å². The van der Waals surface area contributed by atoms with Gasteiger partial charge in [0.1, 0.15) is 11.6 Å². The average Bonchev–Trinajstić information content (AvgIpc) is 3.29. The van der Waals surface area contributed by atoms with E-state index in [0.29, 0.717) is 34.0 Å². The number of anilines is 1. The normalized spacial score (nSPS) is 11.9. The fourth-order valence-electron chi connectivity index (χ4n) is 2.44. The third kappa shape index (κ3) is 5.24. The van der Waals surface area contributed by atoms with Crippen LogP contribution in [0, 0.1) is 6.92 Å². The van der Waals surface area contributed by atoms with E-state index < -0.39 is 0 Å². The molecule has 154 valence electrons. The maximum atomic E-state index is 12.6. The molecule has 0 fully saturated rings. The summed E-state index contributed by atoms with van der Waals surface area (Å²) in [7, 11) is 3.44. The number of hydrogen-bond acceptors (Lipinski definition) is 9. The number of carbonyl (C=O) groups is 1. The fourth-order valence-corrected chi connectivity index (χ4v) is 3.97. The van der Waals surface area contributed by atoms with E-state index in [-0.39, 0.29) is 17.8 Å². The molecule has 1 aromatic carbocycles. The Hall–Kier alpha value is -2.66. The lowest BCUT2D eigenvalue weighted by atomic mass is 10.3. The topological polar surface area (TPSA) is 104 Å². The molecular weight excluding hydrogens is 412 g/mol. The molecule has 9 nitrogen and oxygen atoms in total. The summed E-state index contributed by atoms with van der Waals surface area (Å²) in [6.45, 7) is 4.02. The zero-order valence-electron chi connectivity index (χ0n) is 16.6. The Balaban J connectivity index is 1.63. The lowest BCUT2D eigenvalue weighted by molar-refractivity contribution is -0.115. The Morgan fingerprint density at radius 2 is 2.00 bits per heavy atom. The van der Waals surface area contributed by atoms with Crippen LogP contribution in [0.2, 0.25) is 0 Å². The van der Waals surface area contributed by atoms with Crippen LogP contribution in [0.4, 0.5) is 5.13 Å². The molecule has 0 saturated carbocycles. The van der Waals surface area contributed by atoms with Gasteiger partial charge < -0.3 is 14.0 Å². The Morgan fingerprint density at radius 1 is 1.24 bits per heavy atom. The van der Waals surface area contributed by atoms with Gasteiger partial charge in [-0.3, -0.25) is 10.1 Å². The monoisotopic (exact) mass is 434 g/mol. The van der Waals surface area contributed by atoms with E-state index in [9.17, 15) is 4.79 Å². The summed E-state index contributed by atoms with van der Waals surface area (Å²) in [5, 5.41) is 20.7. The molecule has 0 aliphatic rings. The lowest BCUT2D eigenvalue weighted by Gasteiger charge is -2.13. The second-order valence-corrected chi connectivity index (χ2v) is 8.38. The predicted octanol–water partition coefficient (Wildman–Crippen LogP) is 3.07. The van der Waals surface area contributed by atoms with Gasteiger partial charge in [-0.25, -0.2) is 0 Å². The van der Waals surface area contributed by atoms with Gasteiger partial charge in [0.15, 0.2) is 22.5 Å². The highest BCUT2D eigenvalue weighted by Crippen LogP contribution is 2.28. The van der Waals surface area contributed by atoms with Gasteiger partial charge in [0.2, 0.25) is 11.0 Å².